The van der Waals surface area contributed by atoms with Crippen LogP contribution in [-0.2, 0) is 11.3 Å². The number of piperidine rings is 1. The lowest BCUT2D eigenvalue weighted by molar-refractivity contribution is -0.132. The second-order valence-corrected chi connectivity index (χ2v) is 9.17. The standard InChI is InChI=1S/C27H30N8O/c1-4-34-16-22(15-30-34)24-12-23(9-11-29-24)31-26-13-25(20-6-5-10-28-14-20)32-27(33-26)21-8-7-18(2)35(17-21)19(3)36/h5-6,9-16,18,21H,4,7-8,17H2,1-3H3,(H,29,31,32,33)/t18-,21+/m0/s1. The number of carbonyl (C=O) groups is 1. The van der Waals surface area contributed by atoms with E-state index in [0.29, 0.717) is 12.4 Å². The van der Waals surface area contributed by atoms with Crippen LogP contribution in [0.5, 0.6) is 0 Å². The molecule has 0 aliphatic carbocycles. The Bertz CT molecular complexity index is 1350. The number of aryl methyl sites for hydroxylation is 1. The van der Waals surface area contributed by atoms with Crippen LogP contribution in [-0.4, -0.2) is 53.1 Å². The Hall–Kier alpha value is -4.14. The Morgan fingerprint density at radius 3 is 2.72 bits per heavy atom. The fourth-order valence-corrected chi connectivity index (χ4v) is 4.61. The highest BCUT2D eigenvalue weighted by atomic mass is 16.2. The van der Waals surface area contributed by atoms with E-state index in [1.54, 1.807) is 25.5 Å². The summed E-state index contributed by atoms with van der Waals surface area (Å²) >= 11 is 0. The predicted molar refractivity (Wildman–Crippen MR) is 139 cm³/mol. The molecule has 0 aromatic carbocycles. The van der Waals surface area contributed by atoms with Crippen LogP contribution in [0.25, 0.3) is 22.5 Å². The van der Waals surface area contributed by atoms with Gasteiger partial charge in [-0.1, -0.05) is 0 Å². The van der Waals surface area contributed by atoms with Crippen molar-refractivity contribution >= 4 is 17.4 Å². The molecule has 0 spiro atoms. The molecule has 5 heterocycles. The first-order chi connectivity index (χ1) is 17.5. The number of hydrogen-bond donors (Lipinski definition) is 1. The van der Waals surface area contributed by atoms with E-state index in [1.807, 2.05) is 52.3 Å². The second-order valence-electron chi connectivity index (χ2n) is 9.17. The van der Waals surface area contributed by atoms with Crippen molar-refractivity contribution < 1.29 is 4.79 Å². The minimum Gasteiger partial charge on any atom is -0.340 e. The summed E-state index contributed by atoms with van der Waals surface area (Å²) in [6.07, 6.45) is 11.0. The molecule has 0 saturated carbocycles. The molecule has 9 heteroatoms. The van der Waals surface area contributed by atoms with E-state index in [2.05, 4.69) is 34.2 Å². The van der Waals surface area contributed by atoms with Crippen molar-refractivity contribution in [3.63, 3.8) is 0 Å². The van der Waals surface area contributed by atoms with Crippen LogP contribution in [0.2, 0.25) is 0 Å². The normalized spacial score (nSPS) is 17.7. The summed E-state index contributed by atoms with van der Waals surface area (Å²) in [4.78, 5) is 32.7. The molecule has 0 unspecified atom stereocenters. The van der Waals surface area contributed by atoms with E-state index in [-0.39, 0.29) is 17.9 Å². The molecule has 4 aromatic rings. The van der Waals surface area contributed by atoms with Crippen LogP contribution in [0.4, 0.5) is 11.5 Å². The van der Waals surface area contributed by atoms with Crippen LogP contribution in [0.3, 0.4) is 0 Å². The Labute approximate surface area is 210 Å². The minimum absolute atomic E-state index is 0.0650. The van der Waals surface area contributed by atoms with Gasteiger partial charge in [0.05, 0.1) is 17.6 Å². The van der Waals surface area contributed by atoms with E-state index in [0.717, 1.165) is 53.4 Å². The van der Waals surface area contributed by atoms with Crippen molar-refractivity contribution in [1.82, 2.24) is 34.6 Å². The fraction of sp³-hybridized carbons (Fsp3) is 0.333. The summed E-state index contributed by atoms with van der Waals surface area (Å²) < 4.78 is 1.88. The zero-order valence-electron chi connectivity index (χ0n) is 20.8. The van der Waals surface area contributed by atoms with Crippen molar-refractivity contribution in [2.75, 3.05) is 11.9 Å². The van der Waals surface area contributed by atoms with Gasteiger partial charge in [0.2, 0.25) is 5.91 Å². The average molecular weight is 483 g/mol. The average Bonchev–Trinajstić information content (AvgIpc) is 3.39. The molecular formula is C27H30N8O. The predicted octanol–water partition coefficient (Wildman–Crippen LogP) is 4.68. The van der Waals surface area contributed by atoms with E-state index in [9.17, 15) is 4.79 Å². The maximum atomic E-state index is 12.2. The largest absolute Gasteiger partial charge is 0.340 e. The van der Waals surface area contributed by atoms with Crippen LogP contribution in [0.1, 0.15) is 45.4 Å². The number of amides is 1. The molecule has 184 valence electrons. The SMILES string of the molecule is CCn1cc(-c2cc(Nc3cc(-c4cccnc4)nc([C@@H]4CC[C@H](C)N(C(C)=O)C4)n3)ccn2)cn1. The number of nitrogens with one attached hydrogen (secondary N) is 1. The Morgan fingerprint density at radius 1 is 1.08 bits per heavy atom. The van der Waals surface area contributed by atoms with Crippen LogP contribution in [0, 0.1) is 0 Å². The molecule has 2 atom stereocenters. The topological polar surface area (TPSA) is 102 Å². The molecule has 1 saturated heterocycles. The smallest absolute Gasteiger partial charge is 0.219 e. The number of pyridine rings is 2. The van der Waals surface area contributed by atoms with Crippen molar-refractivity contribution in [3.8, 4) is 22.5 Å². The van der Waals surface area contributed by atoms with Crippen LogP contribution < -0.4 is 5.32 Å². The lowest BCUT2D eigenvalue weighted by atomic mass is 9.92. The minimum atomic E-state index is 0.0650. The Morgan fingerprint density at radius 2 is 1.97 bits per heavy atom. The van der Waals surface area contributed by atoms with Gasteiger partial charge >= 0.3 is 0 Å². The summed E-state index contributed by atoms with van der Waals surface area (Å²) in [7, 11) is 0. The van der Waals surface area contributed by atoms with Crippen LogP contribution >= 0.6 is 0 Å². The molecule has 4 aromatic heterocycles. The maximum Gasteiger partial charge on any atom is 0.219 e. The molecule has 1 amide bonds. The van der Waals surface area contributed by atoms with E-state index >= 15 is 0 Å². The monoisotopic (exact) mass is 482 g/mol. The first-order valence-corrected chi connectivity index (χ1v) is 12.3. The number of hydrogen-bond acceptors (Lipinski definition) is 7. The highest BCUT2D eigenvalue weighted by Gasteiger charge is 2.30. The second kappa shape index (κ2) is 10.2. The zero-order valence-corrected chi connectivity index (χ0v) is 20.8. The van der Waals surface area contributed by atoms with Gasteiger partial charge in [-0.15, -0.1) is 0 Å². The molecule has 1 N–H and O–H groups in total. The molecule has 1 aliphatic rings. The third-order valence-electron chi connectivity index (χ3n) is 6.64. The summed E-state index contributed by atoms with van der Waals surface area (Å²) in [5.41, 5.74) is 4.37. The molecule has 0 bridgehead atoms. The Balaban J connectivity index is 1.48. The number of rotatable bonds is 6. The molecule has 36 heavy (non-hydrogen) atoms. The first kappa shape index (κ1) is 23.6. The van der Waals surface area contributed by atoms with Gasteiger partial charge in [-0.2, -0.15) is 5.10 Å². The van der Waals surface area contributed by atoms with Gasteiger partial charge in [-0.3, -0.25) is 19.4 Å². The van der Waals surface area contributed by atoms with Crippen molar-refractivity contribution in [3.05, 3.63) is 67.1 Å². The summed E-state index contributed by atoms with van der Waals surface area (Å²) in [6.45, 7) is 7.21. The maximum absolute atomic E-state index is 12.2. The van der Waals surface area contributed by atoms with E-state index in [4.69, 9.17) is 9.97 Å². The fourth-order valence-electron chi connectivity index (χ4n) is 4.61. The highest BCUT2D eigenvalue weighted by molar-refractivity contribution is 5.74. The van der Waals surface area contributed by atoms with Gasteiger partial charge in [0.25, 0.3) is 0 Å². The van der Waals surface area contributed by atoms with Crippen molar-refractivity contribution in [1.29, 1.82) is 0 Å². The molecular weight excluding hydrogens is 452 g/mol. The van der Waals surface area contributed by atoms with Crippen molar-refractivity contribution in [2.45, 2.75) is 52.1 Å². The number of anilines is 2. The quantitative estimate of drug-likeness (QED) is 0.426. The Kier molecular flexibility index (Phi) is 6.71. The summed E-state index contributed by atoms with van der Waals surface area (Å²) in [5.74, 6) is 1.57. The number of aromatic nitrogens is 6. The highest BCUT2D eigenvalue weighted by Crippen LogP contribution is 2.31. The van der Waals surface area contributed by atoms with Gasteiger partial charge in [0.15, 0.2) is 0 Å². The van der Waals surface area contributed by atoms with Gasteiger partial charge in [0.1, 0.15) is 11.6 Å². The lowest BCUT2D eigenvalue weighted by Gasteiger charge is -2.37. The molecule has 9 nitrogen and oxygen atoms in total. The van der Waals surface area contributed by atoms with E-state index < -0.39 is 0 Å². The van der Waals surface area contributed by atoms with Gasteiger partial charge in [-0.25, -0.2) is 9.97 Å². The zero-order chi connectivity index (χ0) is 25.1. The van der Waals surface area contributed by atoms with Crippen LogP contribution in [0.15, 0.2) is 61.3 Å². The van der Waals surface area contributed by atoms with Gasteiger partial charge < -0.3 is 10.2 Å². The third kappa shape index (κ3) is 5.10. The molecule has 0 radical (unpaired) electrons. The van der Waals surface area contributed by atoms with Gasteiger partial charge in [-0.05, 0) is 51.0 Å². The van der Waals surface area contributed by atoms with E-state index in [1.165, 1.54) is 0 Å². The number of carbonyl (C=O) groups excluding carboxylic acids is 1. The number of nitrogens with zero attached hydrogens (tertiary/aromatic N) is 7. The van der Waals surface area contributed by atoms with Gasteiger partial charge in [0, 0.05) is 79.6 Å². The molecule has 1 fully saturated rings. The number of likely N-dealkylation sites (tertiary alicyclic amines) is 1. The lowest BCUT2D eigenvalue weighted by Crippen LogP contribution is -2.44. The first-order valence-electron chi connectivity index (χ1n) is 12.3. The summed E-state index contributed by atoms with van der Waals surface area (Å²) in [5, 5.41) is 7.81. The molecule has 5 rings (SSSR count). The van der Waals surface area contributed by atoms with Crippen molar-refractivity contribution in [2.24, 2.45) is 0 Å². The molecule has 1 aliphatic heterocycles. The third-order valence-corrected chi connectivity index (χ3v) is 6.64. The summed E-state index contributed by atoms with van der Waals surface area (Å²) in [6, 6.07) is 9.95.